The lowest BCUT2D eigenvalue weighted by atomic mass is 10.1. The number of benzene rings is 2. The Morgan fingerprint density at radius 1 is 1.14 bits per heavy atom. The molecular formula is C23H24FN3O2. The van der Waals surface area contributed by atoms with Crippen molar-refractivity contribution in [2.45, 2.75) is 25.7 Å². The van der Waals surface area contributed by atoms with Crippen LogP contribution in [-0.2, 0) is 11.2 Å². The van der Waals surface area contributed by atoms with Crippen molar-refractivity contribution in [3.63, 3.8) is 0 Å². The molecule has 1 aliphatic rings. The summed E-state index contributed by atoms with van der Waals surface area (Å²) in [5.41, 5.74) is 1.83. The van der Waals surface area contributed by atoms with Crippen molar-refractivity contribution < 1.29 is 13.9 Å². The zero-order valence-electron chi connectivity index (χ0n) is 16.5. The smallest absolute Gasteiger partial charge is 0.224 e. The molecule has 1 fully saturated rings. The van der Waals surface area contributed by atoms with Gasteiger partial charge >= 0.3 is 0 Å². The number of carbonyl (C=O) groups excluding carboxylic acids is 1. The van der Waals surface area contributed by atoms with Gasteiger partial charge in [-0.15, -0.1) is 0 Å². The molecule has 0 atom stereocenters. The maximum absolute atomic E-state index is 14.6. The highest BCUT2D eigenvalue weighted by Crippen LogP contribution is 2.26. The number of anilines is 2. The van der Waals surface area contributed by atoms with E-state index in [4.69, 9.17) is 4.74 Å². The van der Waals surface area contributed by atoms with Gasteiger partial charge in [0.05, 0.1) is 7.11 Å². The highest BCUT2D eigenvalue weighted by molar-refractivity contribution is 5.94. The Kier molecular flexibility index (Phi) is 5.60. The van der Waals surface area contributed by atoms with Crippen LogP contribution in [0.2, 0.25) is 0 Å². The number of hydrogen-bond acceptors (Lipinski definition) is 4. The van der Waals surface area contributed by atoms with E-state index >= 15 is 0 Å². The number of nitrogens with zero attached hydrogens (tertiary/aromatic N) is 2. The molecule has 0 spiro atoms. The van der Waals surface area contributed by atoms with Gasteiger partial charge in [-0.3, -0.25) is 4.79 Å². The van der Waals surface area contributed by atoms with Gasteiger partial charge < -0.3 is 15.0 Å². The summed E-state index contributed by atoms with van der Waals surface area (Å²) in [5.74, 6) is 1.02. The van der Waals surface area contributed by atoms with Crippen LogP contribution >= 0.6 is 0 Å². The molecule has 0 aliphatic carbocycles. The number of ether oxygens (including phenoxy) is 1. The van der Waals surface area contributed by atoms with Crippen LogP contribution < -0.4 is 15.0 Å². The molecule has 1 aliphatic heterocycles. The topological polar surface area (TPSA) is 54.5 Å². The third-order valence-corrected chi connectivity index (χ3v) is 5.24. The fourth-order valence-electron chi connectivity index (χ4n) is 3.65. The van der Waals surface area contributed by atoms with Gasteiger partial charge in [0.1, 0.15) is 17.1 Å². The molecule has 2 heterocycles. The Morgan fingerprint density at radius 3 is 2.62 bits per heavy atom. The Labute approximate surface area is 169 Å². The molecule has 2 aromatic carbocycles. The minimum Gasteiger partial charge on any atom is -0.497 e. The highest BCUT2D eigenvalue weighted by atomic mass is 19.1. The molecule has 1 saturated heterocycles. The number of nitrogens with one attached hydrogen (secondary N) is 1. The molecule has 5 nitrogen and oxygen atoms in total. The van der Waals surface area contributed by atoms with Gasteiger partial charge in [-0.2, -0.15) is 0 Å². The molecule has 6 heteroatoms. The average molecular weight is 393 g/mol. The van der Waals surface area contributed by atoms with E-state index in [1.54, 1.807) is 13.2 Å². The van der Waals surface area contributed by atoms with Crippen LogP contribution in [0.3, 0.4) is 0 Å². The standard InChI is InChI=1S/C23H24FN3O2/c1-29-19-8-4-16(5-9-19)6-11-22(28)25-18-14-17-7-10-21(27-12-2-3-13-27)26-23(17)20(24)15-18/h4-5,7-10,14-15H,2-3,6,11-13H2,1H3,(H,25,28). The van der Waals surface area contributed by atoms with Crippen molar-refractivity contribution >= 4 is 28.3 Å². The molecule has 3 aromatic rings. The van der Waals surface area contributed by atoms with E-state index in [0.717, 1.165) is 43.1 Å². The van der Waals surface area contributed by atoms with Crippen molar-refractivity contribution in [1.29, 1.82) is 0 Å². The summed E-state index contributed by atoms with van der Waals surface area (Å²) in [6.07, 6.45) is 3.21. The van der Waals surface area contributed by atoms with Gasteiger partial charge in [0.25, 0.3) is 0 Å². The number of aromatic nitrogens is 1. The van der Waals surface area contributed by atoms with Crippen LogP contribution in [0.5, 0.6) is 5.75 Å². The lowest BCUT2D eigenvalue weighted by Gasteiger charge is -2.17. The Balaban J connectivity index is 1.43. The lowest BCUT2D eigenvalue weighted by molar-refractivity contribution is -0.116. The number of fused-ring (bicyclic) bond motifs is 1. The maximum atomic E-state index is 14.6. The molecule has 4 rings (SSSR count). The monoisotopic (exact) mass is 393 g/mol. The first-order valence-corrected chi connectivity index (χ1v) is 9.90. The van der Waals surface area contributed by atoms with Gasteiger partial charge in [-0.05, 0) is 61.2 Å². The van der Waals surface area contributed by atoms with Crippen molar-refractivity contribution in [3.05, 3.63) is 59.9 Å². The van der Waals surface area contributed by atoms with Crippen LogP contribution in [0.1, 0.15) is 24.8 Å². The molecule has 0 unspecified atom stereocenters. The van der Waals surface area contributed by atoms with Gasteiger partial charge in [0.2, 0.25) is 5.91 Å². The number of carbonyl (C=O) groups is 1. The number of pyridine rings is 1. The first-order chi connectivity index (χ1) is 14.1. The van der Waals surface area contributed by atoms with Crippen molar-refractivity contribution in [1.82, 2.24) is 4.98 Å². The number of hydrogen-bond donors (Lipinski definition) is 1. The molecular weight excluding hydrogens is 369 g/mol. The van der Waals surface area contributed by atoms with E-state index in [1.165, 1.54) is 6.07 Å². The second kappa shape index (κ2) is 8.47. The highest BCUT2D eigenvalue weighted by Gasteiger charge is 2.15. The summed E-state index contributed by atoms with van der Waals surface area (Å²) in [4.78, 5) is 19.0. The number of aryl methyl sites for hydroxylation is 1. The summed E-state index contributed by atoms with van der Waals surface area (Å²) in [5, 5.41) is 3.47. The van der Waals surface area contributed by atoms with Crippen LogP contribution in [-0.4, -0.2) is 31.1 Å². The fourth-order valence-corrected chi connectivity index (χ4v) is 3.65. The normalized spacial score (nSPS) is 13.7. The second-order valence-corrected chi connectivity index (χ2v) is 7.29. The molecule has 0 saturated carbocycles. The Bertz CT molecular complexity index is 1010. The average Bonchev–Trinajstić information content (AvgIpc) is 3.27. The summed E-state index contributed by atoms with van der Waals surface area (Å²) >= 11 is 0. The molecule has 1 aromatic heterocycles. The van der Waals surface area contributed by atoms with E-state index in [2.05, 4.69) is 15.2 Å². The summed E-state index contributed by atoms with van der Waals surface area (Å²) in [6, 6.07) is 14.5. The zero-order valence-corrected chi connectivity index (χ0v) is 16.5. The Morgan fingerprint density at radius 2 is 1.90 bits per heavy atom. The SMILES string of the molecule is COc1ccc(CCC(=O)Nc2cc(F)c3nc(N4CCCC4)ccc3c2)cc1. The second-order valence-electron chi connectivity index (χ2n) is 7.29. The quantitative estimate of drug-likeness (QED) is 0.667. The van der Waals surface area contributed by atoms with Crippen LogP contribution in [0.25, 0.3) is 10.9 Å². The first kappa shape index (κ1) is 19.2. The van der Waals surface area contributed by atoms with Gasteiger partial charge in [0.15, 0.2) is 5.82 Å². The third-order valence-electron chi connectivity index (χ3n) is 5.24. The van der Waals surface area contributed by atoms with E-state index in [-0.39, 0.29) is 5.91 Å². The summed E-state index contributed by atoms with van der Waals surface area (Å²) in [6.45, 7) is 1.92. The minimum atomic E-state index is -0.422. The first-order valence-electron chi connectivity index (χ1n) is 9.90. The lowest BCUT2D eigenvalue weighted by Crippen LogP contribution is -2.18. The van der Waals surface area contributed by atoms with Gasteiger partial charge in [-0.25, -0.2) is 9.37 Å². The minimum absolute atomic E-state index is 0.152. The van der Waals surface area contributed by atoms with Gasteiger partial charge in [0, 0.05) is 30.6 Å². The molecule has 29 heavy (non-hydrogen) atoms. The van der Waals surface area contributed by atoms with Crippen LogP contribution in [0.4, 0.5) is 15.9 Å². The fraction of sp³-hybridized carbons (Fsp3) is 0.304. The van der Waals surface area contributed by atoms with E-state index in [0.29, 0.717) is 29.4 Å². The molecule has 150 valence electrons. The van der Waals surface area contributed by atoms with Crippen LogP contribution in [0.15, 0.2) is 48.5 Å². The number of amides is 1. The number of methoxy groups -OCH3 is 1. The maximum Gasteiger partial charge on any atom is 0.224 e. The number of rotatable bonds is 6. The van der Waals surface area contributed by atoms with Gasteiger partial charge in [-0.1, -0.05) is 12.1 Å². The van der Waals surface area contributed by atoms with E-state index < -0.39 is 5.82 Å². The Hall–Kier alpha value is -3.15. The molecule has 1 amide bonds. The predicted octanol–water partition coefficient (Wildman–Crippen LogP) is 4.55. The van der Waals surface area contributed by atoms with Crippen molar-refractivity contribution in [3.8, 4) is 5.75 Å². The molecule has 1 N–H and O–H groups in total. The summed E-state index contributed by atoms with van der Waals surface area (Å²) in [7, 11) is 1.62. The zero-order chi connectivity index (χ0) is 20.2. The third kappa shape index (κ3) is 4.47. The predicted molar refractivity (Wildman–Crippen MR) is 113 cm³/mol. The van der Waals surface area contributed by atoms with E-state index in [1.807, 2.05) is 36.4 Å². The van der Waals surface area contributed by atoms with Crippen molar-refractivity contribution in [2.24, 2.45) is 0 Å². The molecule has 0 bridgehead atoms. The van der Waals surface area contributed by atoms with Crippen molar-refractivity contribution in [2.75, 3.05) is 30.4 Å². The van der Waals surface area contributed by atoms with Crippen LogP contribution in [0, 0.1) is 5.82 Å². The summed E-state index contributed by atoms with van der Waals surface area (Å²) < 4.78 is 19.8. The largest absolute Gasteiger partial charge is 0.497 e. The number of halogens is 1. The van der Waals surface area contributed by atoms with E-state index in [9.17, 15) is 9.18 Å². The molecule has 0 radical (unpaired) electrons.